The standard InChI is InChI=1S/C14H29N/c1-4-6-10-13(5-2)14(15-3)11-12-8-7-9-12/h12-15H,4-11H2,1-3H3. The minimum Gasteiger partial charge on any atom is -0.317 e. The third-order valence-corrected chi connectivity index (χ3v) is 4.20. The zero-order valence-corrected chi connectivity index (χ0v) is 10.9. The van der Waals surface area contributed by atoms with E-state index in [-0.39, 0.29) is 0 Å². The van der Waals surface area contributed by atoms with E-state index in [9.17, 15) is 0 Å². The Kier molecular flexibility index (Phi) is 6.31. The summed E-state index contributed by atoms with van der Waals surface area (Å²) in [5.41, 5.74) is 0. The first-order valence-corrected chi connectivity index (χ1v) is 6.99. The Bertz CT molecular complexity index is 151. The van der Waals surface area contributed by atoms with E-state index in [1.54, 1.807) is 0 Å². The van der Waals surface area contributed by atoms with Gasteiger partial charge in [-0.3, -0.25) is 0 Å². The zero-order chi connectivity index (χ0) is 11.1. The van der Waals surface area contributed by atoms with Gasteiger partial charge in [-0.25, -0.2) is 0 Å². The molecule has 1 aliphatic rings. The maximum Gasteiger partial charge on any atom is 0.00948 e. The Balaban J connectivity index is 2.30. The van der Waals surface area contributed by atoms with Crippen LogP contribution in [0.3, 0.4) is 0 Å². The highest BCUT2D eigenvalue weighted by atomic mass is 14.9. The van der Waals surface area contributed by atoms with Crippen molar-refractivity contribution in [3.63, 3.8) is 0 Å². The van der Waals surface area contributed by atoms with Gasteiger partial charge in [0.05, 0.1) is 0 Å². The average molecular weight is 211 g/mol. The fraction of sp³-hybridized carbons (Fsp3) is 1.00. The topological polar surface area (TPSA) is 12.0 Å². The Labute approximate surface area is 96.0 Å². The van der Waals surface area contributed by atoms with Crippen molar-refractivity contribution < 1.29 is 0 Å². The largest absolute Gasteiger partial charge is 0.317 e. The molecule has 1 aliphatic carbocycles. The Morgan fingerprint density at radius 3 is 2.40 bits per heavy atom. The monoisotopic (exact) mass is 211 g/mol. The van der Waals surface area contributed by atoms with E-state index in [0.29, 0.717) is 0 Å². The molecule has 0 aliphatic heterocycles. The predicted octanol–water partition coefficient (Wildman–Crippen LogP) is 3.98. The van der Waals surface area contributed by atoms with E-state index in [0.717, 1.165) is 17.9 Å². The van der Waals surface area contributed by atoms with Crippen molar-refractivity contribution in [3.05, 3.63) is 0 Å². The van der Waals surface area contributed by atoms with Gasteiger partial charge in [0.15, 0.2) is 0 Å². The van der Waals surface area contributed by atoms with Crippen LogP contribution in [0, 0.1) is 11.8 Å². The first-order chi connectivity index (χ1) is 7.31. The first kappa shape index (κ1) is 13.0. The number of rotatable bonds is 8. The van der Waals surface area contributed by atoms with Crippen LogP contribution < -0.4 is 5.32 Å². The molecular weight excluding hydrogens is 182 g/mol. The average Bonchev–Trinajstić information content (AvgIpc) is 2.20. The summed E-state index contributed by atoms with van der Waals surface area (Å²) in [5, 5.41) is 3.56. The predicted molar refractivity (Wildman–Crippen MR) is 68.1 cm³/mol. The molecule has 1 saturated carbocycles. The van der Waals surface area contributed by atoms with Crippen molar-refractivity contribution in [1.82, 2.24) is 5.32 Å². The first-order valence-electron chi connectivity index (χ1n) is 6.99. The maximum absolute atomic E-state index is 3.56. The summed E-state index contributed by atoms with van der Waals surface area (Å²) in [6.07, 6.45) is 11.4. The molecule has 0 heterocycles. The van der Waals surface area contributed by atoms with Crippen LogP contribution in [0.5, 0.6) is 0 Å². The van der Waals surface area contributed by atoms with E-state index in [2.05, 4.69) is 26.2 Å². The molecule has 0 saturated heterocycles. The van der Waals surface area contributed by atoms with E-state index in [1.807, 2.05) is 0 Å². The zero-order valence-electron chi connectivity index (χ0n) is 10.9. The van der Waals surface area contributed by atoms with Gasteiger partial charge in [0, 0.05) is 6.04 Å². The summed E-state index contributed by atoms with van der Waals surface area (Å²) >= 11 is 0. The lowest BCUT2D eigenvalue weighted by molar-refractivity contribution is 0.217. The minimum absolute atomic E-state index is 0.784. The molecule has 0 aromatic carbocycles. The lowest BCUT2D eigenvalue weighted by atomic mass is 9.77. The van der Waals surface area contributed by atoms with Gasteiger partial charge in [-0.2, -0.15) is 0 Å². The van der Waals surface area contributed by atoms with Crippen molar-refractivity contribution in [1.29, 1.82) is 0 Å². The lowest BCUT2D eigenvalue weighted by Crippen LogP contribution is -2.36. The molecule has 0 aromatic rings. The van der Waals surface area contributed by atoms with Gasteiger partial charge in [-0.05, 0) is 31.7 Å². The highest BCUT2D eigenvalue weighted by molar-refractivity contribution is 4.81. The Morgan fingerprint density at radius 2 is 2.00 bits per heavy atom. The molecule has 0 amide bonds. The smallest absolute Gasteiger partial charge is 0.00948 e. The van der Waals surface area contributed by atoms with Gasteiger partial charge in [0.1, 0.15) is 0 Å². The quantitative estimate of drug-likeness (QED) is 0.640. The van der Waals surface area contributed by atoms with Crippen LogP contribution >= 0.6 is 0 Å². The van der Waals surface area contributed by atoms with Crippen molar-refractivity contribution in [2.45, 2.75) is 71.3 Å². The van der Waals surface area contributed by atoms with Crippen LogP contribution in [0.4, 0.5) is 0 Å². The summed E-state index contributed by atoms with van der Waals surface area (Å²) in [5.74, 6) is 1.95. The highest BCUT2D eigenvalue weighted by Gasteiger charge is 2.25. The van der Waals surface area contributed by atoms with Crippen molar-refractivity contribution in [3.8, 4) is 0 Å². The second kappa shape index (κ2) is 7.27. The fourth-order valence-electron chi connectivity index (χ4n) is 2.79. The van der Waals surface area contributed by atoms with E-state index >= 15 is 0 Å². The van der Waals surface area contributed by atoms with Gasteiger partial charge < -0.3 is 5.32 Å². The molecule has 0 aromatic heterocycles. The summed E-state index contributed by atoms with van der Waals surface area (Å²) in [6, 6.07) is 0.784. The molecule has 2 unspecified atom stereocenters. The van der Waals surface area contributed by atoms with Crippen LogP contribution in [-0.4, -0.2) is 13.1 Å². The summed E-state index contributed by atoms with van der Waals surface area (Å²) in [6.45, 7) is 4.65. The van der Waals surface area contributed by atoms with Crippen LogP contribution in [0.2, 0.25) is 0 Å². The second-order valence-corrected chi connectivity index (χ2v) is 5.24. The van der Waals surface area contributed by atoms with Crippen LogP contribution in [0.25, 0.3) is 0 Å². The molecule has 1 heteroatoms. The third kappa shape index (κ3) is 4.14. The number of nitrogens with one attached hydrogen (secondary N) is 1. The normalized spacial score (nSPS) is 21.0. The van der Waals surface area contributed by atoms with Crippen LogP contribution in [0.15, 0.2) is 0 Å². The maximum atomic E-state index is 3.56. The molecule has 15 heavy (non-hydrogen) atoms. The van der Waals surface area contributed by atoms with Gasteiger partial charge in [0.2, 0.25) is 0 Å². The molecule has 0 bridgehead atoms. The van der Waals surface area contributed by atoms with E-state index < -0.39 is 0 Å². The molecule has 0 spiro atoms. The lowest BCUT2D eigenvalue weighted by Gasteiger charge is -2.33. The molecule has 1 rings (SSSR count). The SMILES string of the molecule is CCCCC(CC)C(CC1CCC1)NC. The van der Waals surface area contributed by atoms with Crippen molar-refractivity contribution in [2.24, 2.45) is 11.8 Å². The number of unbranched alkanes of at least 4 members (excludes halogenated alkanes) is 1. The van der Waals surface area contributed by atoms with Crippen LogP contribution in [-0.2, 0) is 0 Å². The summed E-state index contributed by atoms with van der Waals surface area (Å²) < 4.78 is 0. The number of hydrogen-bond acceptors (Lipinski definition) is 1. The Morgan fingerprint density at radius 1 is 1.27 bits per heavy atom. The molecule has 90 valence electrons. The summed E-state index contributed by atoms with van der Waals surface area (Å²) in [7, 11) is 2.15. The van der Waals surface area contributed by atoms with E-state index in [1.165, 1.54) is 51.4 Å². The molecule has 0 radical (unpaired) electrons. The van der Waals surface area contributed by atoms with Gasteiger partial charge in [-0.15, -0.1) is 0 Å². The Hall–Kier alpha value is -0.0400. The summed E-state index contributed by atoms with van der Waals surface area (Å²) in [4.78, 5) is 0. The van der Waals surface area contributed by atoms with Crippen LogP contribution in [0.1, 0.15) is 65.2 Å². The van der Waals surface area contributed by atoms with E-state index in [4.69, 9.17) is 0 Å². The molecule has 1 N–H and O–H groups in total. The molecule has 2 atom stereocenters. The van der Waals surface area contributed by atoms with Crippen molar-refractivity contribution >= 4 is 0 Å². The van der Waals surface area contributed by atoms with Gasteiger partial charge in [0.25, 0.3) is 0 Å². The molecule has 1 nitrogen and oxygen atoms in total. The molecular formula is C14H29N. The minimum atomic E-state index is 0.784. The second-order valence-electron chi connectivity index (χ2n) is 5.24. The highest BCUT2D eigenvalue weighted by Crippen LogP contribution is 2.33. The van der Waals surface area contributed by atoms with Gasteiger partial charge in [-0.1, -0.05) is 52.4 Å². The number of hydrogen-bond donors (Lipinski definition) is 1. The fourth-order valence-corrected chi connectivity index (χ4v) is 2.79. The van der Waals surface area contributed by atoms with Crippen molar-refractivity contribution in [2.75, 3.05) is 7.05 Å². The van der Waals surface area contributed by atoms with Gasteiger partial charge >= 0.3 is 0 Å². The molecule has 1 fully saturated rings. The third-order valence-electron chi connectivity index (χ3n) is 4.20.